The van der Waals surface area contributed by atoms with Crippen LogP contribution in [0.25, 0.3) is 0 Å². The third-order valence-electron chi connectivity index (χ3n) is 10.7. The van der Waals surface area contributed by atoms with Crippen LogP contribution in [0.5, 0.6) is 0 Å². The van der Waals surface area contributed by atoms with Gasteiger partial charge in [-0.2, -0.15) is 0 Å². The van der Waals surface area contributed by atoms with Crippen LogP contribution in [0.15, 0.2) is 46.3 Å². The van der Waals surface area contributed by atoms with E-state index in [9.17, 15) is 45.3 Å². The molecule has 3 aliphatic heterocycles. The number of furan rings is 1. The lowest BCUT2D eigenvalue weighted by Crippen LogP contribution is -2.63. The summed E-state index contributed by atoms with van der Waals surface area (Å²) >= 11 is 0. The summed E-state index contributed by atoms with van der Waals surface area (Å²) in [6, 6.07) is 1.69. The van der Waals surface area contributed by atoms with Crippen LogP contribution < -0.4 is 0 Å². The Balaban J connectivity index is 1.32. The highest BCUT2D eigenvalue weighted by Gasteiger charge is 2.64. The number of cyclic esters (lactones) is 1. The maximum absolute atomic E-state index is 13.6. The molecule has 1 aromatic rings. The van der Waals surface area contributed by atoms with Crippen molar-refractivity contribution in [1.82, 2.24) is 0 Å². The van der Waals surface area contributed by atoms with Gasteiger partial charge in [0.2, 0.25) is 0 Å². The van der Waals surface area contributed by atoms with Gasteiger partial charge in [0.15, 0.2) is 12.6 Å². The molecule has 0 unspecified atom stereocenters. The molecule has 16 heteroatoms. The number of hydrogen-bond donors (Lipinski definition) is 7. The molecule has 266 valence electrons. The van der Waals surface area contributed by atoms with Gasteiger partial charge < -0.3 is 68.6 Å². The Morgan fingerprint density at radius 3 is 2.40 bits per heavy atom. The van der Waals surface area contributed by atoms with E-state index in [-0.39, 0.29) is 30.6 Å². The molecule has 4 heterocycles. The summed E-state index contributed by atoms with van der Waals surface area (Å²) in [6.07, 6.45) is -11.0. The summed E-state index contributed by atoms with van der Waals surface area (Å²) < 4.78 is 39.1. The Bertz CT molecular complexity index is 1410. The van der Waals surface area contributed by atoms with Gasteiger partial charge >= 0.3 is 11.9 Å². The lowest BCUT2D eigenvalue weighted by Gasteiger charge is -2.59. The first-order chi connectivity index (χ1) is 22.7. The fourth-order valence-electron chi connectivity index (χ4n) is 7.91. The molecule has 0 radical (unpaired) electrons. The third-order valence-corrected chi connectivity index (χ3v) is 10.7. The molecule has 3 fully saturated rings. The molecule has 15 atom stereocenters. The summed E-state index contributed by atoms with van der Waals surface area (Å²) in [5.41, 5.74) is -1.32. The van der Waals surface area contributed by atoms with Gasteiger partial charge in [-0.3, -0.25) is 0 Å². The highest BCUT2D eigenvalue weighted by Crippen LogP contribution is 2.63. The number of hydrogen-bond acceptors (Lipinski definition) is 16. The number of carbonyl (C=O) groups excluding carboxylic acids is 2. The van der Waals surface area contributed by atoms with Crippen molar-refractivity contribution in [2.45, 2.75) is 100 Å². The fraction of sp³-hybridized carbons (Fsp3) is 0.688. The first-order valence-electron chi connectivity index (χ1n) is 15.8. The molecule has 1 aromatic heterocycles. The van der Waals surface area contributed by atoms with E-state index in [0.29, 0.717) is 5.56 Å². The summed E-state index contributed by atoms with van der Waals surface area (Å²) in [5.74, 6) is -2.03. The van der Waals surface area contributed by atoms with E-state index in [2.05, 4.69) is 0 Å². The van der Waals surface area contributed by atoms with Crippen molar-refractivity contribution in [2.75, 3.05) is 20.3 Å². The monoisotopic (exact) mass is 682 g/mol. The van der Waals surface area contributed by atoms with Crippen LogP contribution >= 0.6 is 0 Å². The van der Waals surface area contributed by atoms with Crippen LogP contribution in [0.4, 0.5) is 0 Å². The number of fused-ring (bicyclic) bond motifs is 3. The largest absolute Gasteiger partial charge is 0.472 e. The van der Waals surface area contributed by atoms with Crippen LogP contribution in [-0.4, -0.2) is 136 Å². The van der Waals surface area contributed by atoms with Crippen LogP contribution in [0, 0.1) is 16.7 Å². The Labute approximate surface area is 275 Å². The average Bonchev–Trinajstić information content (AvgIpc) is 3.60. The predicted octanol–water partition coefficient (Wildman–Crippen LogP) is -1.65. The second-order valence-corrected chi connectivity index (χ2v) is 13.5. The smallest absolute Gasteiger partial charge is 0.334 e. The summed E-state index contributed by atoms with van der Waals surface area (Å²) in [5, 5.41) is 73.4. The van der Waals surface area contributed by atoms with E-state index in [1.54, 1.807) is 13.0 Å². The molecule has 0 spiro atoms. The number of ether oxygens (including phenoxy) is 6. The number of rotatable bonds is 7. The minimum absolute atomic E-state index is 0.0732. The van der Waals surface area contributed by atoms with Crippen molar-refractivity contribution in [1.29, 1.82) is 0 Å². The van der Waals surface area contributed by atoms with Gasteiger partial charge in [0.05, 0.1) is 45.1 Å². The van der Waals surface area contributed by atoms with Crippen molar-refractivity contribution in [3.63, 3.8) is 0 Å². The van der Waals surface area contributed by atoms with Crippen molar-refractivity contribution in [3.8, 4) is 0 Å². The molecule has 48 heavy (non-hydrogen) atoms. The topological polar surface area (TPSA) is 244 Å². The standard InChI is InChI=1S/C32H42O16/c1-31-9-18(13-4-5-43-10-13)46-28(41)15(31)8-21(32(2)16(27(40)42-3)6-14(33)7-20(31)32)48-30-26(39)24(37)23(36)19(47-30)12-45-29-25(38)22(35)17(34)11-44-29/h4-6,8,10,14,17-26,29-30,33-39H,7,9,11-12H2,1-3H3/t14-,17+,18-,19+,20-,21+,22-,23+,24-,25+,26+,29-,30-,31+,32-/m0/s1. The van der Waals surface area contributed by atoms with Crippen molar-refractivity contribution >= 4 is 11.9 Å². The maximum Gasteiger partial charge on any atom is 0.334 e. The Hall–Kier alpha value is -2.74. The van der Waals surface area contributed by atoms with E-state index in [4.69, 9.17) is 32.8 Å². The zero-order valence-electron chi connectivity index (χ0n) is 26.5. The Morgan fingerprint density at radius 1 is 0.979 bits per heavy atom. The number of carbonyl (C=O) groups is 2. The van der Waals surface area contributed by atoms with Gasteiger partial charge in [0.25, 0.3) is 0 Å². The summed E-state index contributed by atoms with van der Waals surface area (Å²) in [4.78, 5) is 26.9. The van der Waals surface area contributed by atoms with E-state index in [0.717, 1.165) is 0 Å². The predicted molar refractivity (Wildman–Crippen MR) is 156 cm³/mol. The third kappa shape index (κ3) is 5.82. The molecule has 0 aromatic carbocycles. The van der Waals surface area contributed by atoms with E-state index < -0.39 is 109 Å². The van der Waals surface area contributed by atoms with Crippen molar-refractivity contribution < 1.29 is 78.2 Å². The Morgan fingerprint density at radius 2 is 1.71 bits per heavy atom. The number of aliphatic hydroxyl groups is 7. The van der Waals surface area contributed by atoms with Gasteiger partial charge in [-0.1, -0.05) is 13.8 Å². The summed E-state index contributed by atoms with van der Waals surface area (Å²) in [7, 11) is 1.19. The maximum atomic E-state index is 13.6. The molecular weight excluding hydrogens is 640 g/mol. The second kappa shape index (κ2) is 13.2. The lowest BCUT2D eigenvalue weighted by atomic mass is 9.47. The van der Waals surface area contributed by atoms with Gasteiger partial charge in [0, 0.05) is 27.5 Å². The Kier molecular flexibility index (Phi) is 9.64. The number of aliphatic hydroxyl groups excluding tert-OH is 7. The van der Waals surface area contributed by atoms with Gasteiger partial charge in [-0.25, -0.2) is 9.59 Å². The summed E-state index contributed by atoms with van der Waals surface area (Å²) in [6.45, 7) is 2.73. The zero-order valence-corrected chi connectivity index (χ0v) is 26.5. The van der Waals surface area contributed by atoms with Crippen molar-refractivity contribution in [2.24, 2.45) is 16.7 Å². The molecule has 5 aliphatic rings. The van der Waals surface area contributed by atoms with Crippen LogP contribution in [0.2, 0.25) is 0 Å². The highest BCUT2D eigenvalue weighted by atomic mass is 16.7. The molecular formula is C32H42O16. The van der Waals surface area contributed by atoms with Crippen LogP contribution in [0.1, 0.15) is 38.4 Å². The molecule has 16 nitrogen and oxygen atoms in total. The molecule has 7 N–H and O–H groups in total. The van der Waals surface area contributed by atoms with Gasteiger partial charge in [0.1, 0.15) is 48.8 Å². The van der Waals surface area contributed by atoms with Crippen molar-refractivity contribution in [3.05, 3.63) is 47.5 Å². The second-order valence-electron chi connectivity index (χ2n) is 13.5. The quantitative estimate of drug-likeness (QED) is 0.159. The molecule has 0 amide bonds. The SMILES string of the molecule is COC(=O)C1=C[C@H](O)C[C@@H]2[C@@]1(C)[C@H](O[C@@H]1O[C@H](CO[C@@H]3OC[C@@H](O)[C@H](O)[C@H]3O)[C@@H](O)[C@H](O)[C@H]1O)C=C1C(=O)O[C@H](c3ccoc3)C[C@]12C. The fourth-order valence-corrected chi connectivity index (χ4v) is 7.91. The zero-order chi connectivity index (χ0) is 34.7. The minimum atomic E-state index is -1.82. The first-order valence-corrected chi connectivity index (χ1v) is 15.8. The van der Waals surface area contributed by atoms with Gasteiger partial charge in [-0.05, 0) is 37.0 Å². The van der Waals surface area contributed by atoms with Crippen LogP contribution in [0.3, 0.4) is 0 Å². The molecule has 0 saturated carbocycles. The van der Waals surface area contributed by atoms with Gasteiger partial charge in [-0.15, -0.1) is 0 Å². The minimum Gasteiger partial charge on any atom is -0.472 e. The number of esters is 2. The molecule has 0 bridgehead atoms. The lowest BCUT2D eigenvalue weighted by molar-refractivity contribution is -0.331. The van der Waals surface area contributed by atoms with E-state index in [1.807, 2.05) is 6.92 Å². The van der Waals surface area contributed by atoms with Crippen LogP contribution in [-0.2, 0) is 38.0 Å². The number of methoxy groups -OCH3 is 1. The average molecular weight is 683 g/mol. The molecule has 2 aliphatic carbocycles. The molecule has 6 rings (SSSR count). The highest BCUT2D eigenvalue weighted by molar-refractivity contribution is 5.94. The first kappa shape index (κ1) is 35.1. The molecule has 3 saturated heterocycles. The normalized spacial score (nSPS) is 46.0. The van der Waals surface area contributed by atoms with E-state index >= 15 is 0 Å². The van der Waals surface area contributed by atoms with E-state index in [1.165, 1.54) is 31.8 Å².